The van der Waals surface area contributed by atoms with Crippen molar-refractivity contribution in [2.75, 3.05) is 26.2 Å². The van der Waals surface area contributed by atoms with Gasteiger partial charge in [0.25, 0.3) is 0 Å². The molecular weight excluding hydrogens is 786 g/mol. The highest BCUT2D eigenvalue weighted by molar-refractivity contribution is 6.30. The molecule has 10 atom stereocenters. The lowest BCUT2D eigenvalue weighted by Gasteiger charge is -2.72. The Balaban J connectivity index is 1.04. The molecular formula is C51H74ClN3O6. The molecule has 0 aromatic heterocycles. The lowest BCUT2D eigenvalue weighted by atomic mass is 9.33. The zero-order valence-corrected chi connectivity index (χ0v) is 39.4. The molecule has 1 aliphatic heterocycles. The van der Waals surface area contributed by atoms with Gasteiger partial charge in [0.05, 0.1) is 17.4 Å². The number of nitrogens with zero attached hydrogens (tertiary/aromatic N) is 2. The largest absolute Gasteiger partial charge is 0.481 e. The van der Waals surface area contributed by atoms with Crippen LogP contribution in [0.3, 0.4) is 0 Å². The van der Waals surface area contributed by atoms with Crippen LogP contribution in [0.4, 0.5) is 4.79 Å². The number of carbonyl (C=O) groups excluding carboxylic acids is 3. The van der Waals surface area contributed by atoms with E-state index in [0.717, 1.165) is 82.1 Å². The van der Waals surface area contributed by atoms with Crippen LogP contribution in [-0.2, 0) is 25.7 Å². The summed E-state index contributed by atoms with van der Waals surface area (Å²) in [7, 11) is 0. The first kappa shape index (κ1) is 44.7. The number of hydrogen-bond donors (Lipinski definition) is 2. The van der Waals surface area contributed by atoms with Crippen molar-refractivity contribution in [3.05, 3.63) is 46.0 Å². The van der Waals surface area contributed by atoms with Crippen LogP contribution in [0, 0.1) is 62.6 Å². The quantitative estimate of drug-likeness (QED) is 0.225. The average molecular weight is 861 g/mol. The summed E-state index contributed by atoms with van der Waals surface area (Å²) in [6.07, 6.45) is 10.6. The Kier molecular flexibility index (Phi) is 11.5. The predicted molar refractivity (Wildman–Crippen MR) is 239 cm³/mol. The third kappa shape index (κ3) is 7.11. The van der Waals surface area contributed by atoms with E-state index in [1.54, 1.807) is 0 Å². The predicted octanol–water partition coefficient (Wildman–Crippen LogP) is 10.3. The summed E-state index contributed by atoms with van der Waals surface area (Å²) in [4.78, 5) is 59.1. The van der Waals surface area contributed by atoms with Gasteiger partial charge in [-0.15, -0.1) is 0 Å². The Bertz CT molecular complexity index is 1950. The van der Waals surface area contributed by atoms with Gasteiger partial charge in [0.2, 0.25) is 0 Å². The van der Waals surface area contributed by atoms with Crippen LogP contribution in [0.2, 0.25) is 5.02 Å². The van der Waals surface area contributed by atoms with Gasteiger partial charge in [0.15, 0.2) is 5.78 Å². The maximum Gasteiger partial charge on any atom is 0.318 e. The fraction of sp³-hybridized carbons (Fsp3) is 0.765. The Morgan fingerprint density at radius 2 is 1.56 bits per heavy atom. The minimum Gasteiger partial charge on any atom is -0.481 e. The minimum absolute atomic E-state index is 0.0236. The summed E-state index contributed by atoms with van der Waals surface area (Å²) in [5.74, 6) is -0.641. The minimum atomic E-state index is -0.832. The molecule has 0 bridgehead atoms. The molecule has 7 aliphatic rings. The molecule has 336 valence electrons. The molecule has 6 aliphatic carbocycles. The van der Waals surface area contributed by atoms with E-state index in [4.69, 9.17) is 16.3 Å². The molecule has 1 aromatic carbocycles. The van der Waals surface area contributed by atoms with Crippen LogP contribution in [-0.4, -0.2) is 76.5 Å². The summed E-state index contributed by atoms with van der Waals surface area (Å²) in [5, 5.41) is 14.0. The number of rotatable bonds is 10. The van der Waals surface area contributed by atoms with E-state index in [1.807, 2.05) is 43.0 Å². The molecule has 1 aromatic rings. The molecule has 2 N–H and O–H groups in total. The maximum absolute atomic E-state index is 14.8. The summed E-state index contributed by atoms with van der Waals surface area (Å²) in [6, 6.07) is 7.71. The number of amides is 2. The van der Waals surface area contributed by atoms with E-state index in [-0.39, 0.29) is 63.3 Å². The molecule has 5 saturated carbocycles. The van der Waals surface area contributed by atoms with Crippen LogP contribution in [0.15, 0.2) is 35.4 Å². The number of nitrogens with one attached hydrogen (secondary N) is 1. The maximum atomic E-state index is 14.8. The molecule has 6 fully saturated rings. The molecule has 9 nitrogen and oxygen atoms in total. The highest BCUT2D eigenvalue weighted by atomic mass is 35.5. The van der Waals surface area contributed by atoms with Crippen molar-refractivity contribution in [3.63, 3.8) is 0 Å². The number of allylic oxidation sites excluding steroid dienone is 1. The molecule has 1 heterocycles. The highest BCUT2D eigenvalue weighted by Crippen LogP contribution is 2.76. The van der Waals surface area contributed by atoms with Gasteiger partial charge in [-0.05, 0) is 158 Å². The van der Waals surface area contributed by atoms with Gasteiger partial charge >= 0.3 is 18.0 Å². The third-order valence-corrected chi connectivity index (χ3v) is 19.5. The lowest BCUT2D eigenvalue weighted by Crippen LogP contribution is -2.67. The van der Waals surface area contributed by atoms with Crippen molar-refractivity contribution >= 4 is 35.4 Å². The van der Waals surface area contributed by atoms with Gasteiger partial charge in [0.1, 0.15) is 6.10 Å². The number of carboxylic acid groups (broad SMARTS) is 1. The first-order valence-corrected chi connectivity index (χ1v) is 24.2. The zero-order valence-electron chi connectivity index (χ0n) is 38.6. The van der Waals surface area contributed by atoms with E-state index in [9.17, 15) is 24.3 Å². The smallest absolute Gasteiger partial charge is 0.318 e. The van der Waals surface area contributed by atoms with Crippen molar-refractivity contribution in [1.29, 1.82) is 0 Å². The second-order valence-electron chi connectivity index (χ2n) is 23.1. The zero-order chi connectivity index (χ0) is 44.1. The molecule has 0 unspecified atom stereocenters. The molecule has 10 heteroatoms. The number of halogens is 1. The van der Waals surface area contributed by atoms with Crippen molar-refractivity contribution in [2.45, 2.75) is 158 Å². The van der Waals surface area contributed by atoms with Gasteiger partial charge in [-0.2, -0.15) is 0 Å². The number of ketones is 1. The van der Waals surface area contributed by atoms with Gasteiger partial charge in [0, 0.05) is 36.5 Å². The van der Waals surface area contributed by atoms with Crippen LogP contribution in [0.25, 0.3) is 0 Å². The number of hydrogen-bond acceptors (Lipinski definition) is 6. The number of fused-ring (bicyclic) bond motifs is 7. The van der Waals surface area contributed by atoms with E-state index in [0.29, 0.717) is 42.8 Å². The number of aliphatic carboxylic acids is 1. The van der Waals surface area contributed by atoms with E-state index in [1.165, 1.54) is 18.4 Å². The number of likely N-dealkylation sites (tertiary alicyclic amines) is 1. The van der Waals surface area contributed by atoms with Crippen molar-refractivity contribution < 1.29 is 29.0 Å². The van der Waals surface area contributed by atoms with Gasteiger partial charge in [-0.3, -0.25) is 14.4 Å². The number of ether oxygens (including phenoxy) is 1. The fourth-order valence-electron chi connectivity index (χ4n) is 15.5. The number of carbonyl (C=O) groups is 4. The third-order valence-electron chi connectivity index (χ3n) is 19.3. The summed E-state index contributed by atoms with van der Waals surface area (Å²) < 4.78 is 6.45. The summed E-state index contributed by atoms with van der Waals surface area (Å²) in [6.45, 7) is 24.5. The Hall–Kier alpha value is -2.91. The Morgan fingerprint density at radius 3 is 2.20 bits per heavy atom. The van der Waals surface area contributed by atoms with Gasteiger partial charge in [-0.25, -0.2) is 4.79 Å². The number of benzene rings is 1. The average Bonchev–Trinajstić information content (AvgIpc) is 3.80. The second-order valence-corrected chi connectivity index (χ2v) is 23.5. The molecule has 0 spiro atoms. The summed E-state index contributed by atoms with van der Waals surface area (Å²) in [5.41, 5.74) is 1.74. The molecule has 1 saturated heterocycles. The van der Waals surface area contributed by atoms with Gasteiger partial charge in [-0.1, -0.05) is 86.0 Å². The lowest BCUT2D eigenvalue weighted by molar-refractivity contribution is -0.235. The van der Waals surface area contributed by atoms with Crippen molar-refractivity contribution in [1.82, 2.24) is 15.1 Å². The standard InChI is InChI=1S/C51H74ClN3O6/c1-31(2)41-37(56)29-51(53-45(60)55(27-26-54-24-10-11-25-54)30-32-12-14-33(52)15-13-32)23-22-49(8)34(42(41)51)16-17-39-48(7)20-19-40(47(5,6)38(48)18-21-50(39,49)9)61-44(59)36-28-35(43(57)58)46(36,3)4/h12-15,31,34-36,38-40H,10-11,16-30H2,1-9H3,(H,53,60)(H,57,58)/t34-,35+,36-,38+,39-,40+,48+,49-,50-,51-/m1/s1. The van der Waals surface area contributed by atoms with Crippen LogP contribution < -0.4 is 5.32 Å². The number of urea groups is 1. The SMILES string of the molecule is CC(C)C1=C2[C@H]3CC[C@@H]4[C@@]5(C)CC[C@H](OC(=O)[C@H]6C[C@@H](C(=O)O)C6(C)C)C(C)(C)[C@@H]5CC[C@@]4(C)[C@]3(C)CC[C@@]2(NC(=O)N(CCN2CCCC2)Cc2ccc(Cl)cc2)CC1=O. The highest BCUT2D eigenvalue weighted by Gasteiger charge is 2.70. The number of esters is 1. The fourth-order valence-corrected chi connectivity index (χ4v) is 15.6. The monoisotopic (exact) mass is 860 g/mol. The molecule has 0 radical (unpaired) electrons. The van der Waals surface area contributed by atoms with Gasteiger partial charge < -0.3 is 25.0 Å². The van der Waals surface area contributed by atoms with Crippen molar-refractivity contribution in [3.8, 4) is 0 Å². The van der Waals surface area contributed by atoms with Crippen LogP contribution in [0.1, 0.15) is 145 Å². The Labute approximate surface area is 370 Å². The second kappa shape index (κ2) is 15.7. The molecule has 2 amide bonds. The number of Topliss-reactive ketones (excluding diaryl/α,β-unsaturated/α-hetero) is 1. The Morgan fingerprint density at radius 1 is 0.869 bits per heavy atom. The molecule has 8 rings (SSSR count). The van der Waals surface area contributed by atoms with Crippen LogP contribution >= 0.6 is 11.6 Å². The molecule has 61 heavy (non-hydrogen) atoms. The topological polar surface area (TPSA) is 116 Å². The van der Waals surface area contributed by atoms with E-state index in [2.05, 4.69) is 58.7 Å². The van der Waals surface area contributed by atoms with Crippen molar-refractivity contribution in [2.24, 2.45) is 62.6 Å². The summed E-state index contributed by atoms with van der Waals surface area (Å²) >= 11 is 6.26. The first-order valence-electron chi connectivity index (χ1n) is 23.8. The number of carboxylic acids is 1. The van der Waals surface area contributed by atoms with E-state index >= 15 is 0 Å². The normalized spacial score (nSPS) is 38.8. The van der Waals surface area contributed by atoms with E-state index < -0.39 is 22.8 Å². The van der Waals surface area contributed by atoms with Crippen LogP contribution in [0.5, 0.6) is 0 Å². The first-order chi connectivity index (χ1) is 28.6.